The van der Waals surface area contributed by atoms with Crippen LogP contribution in [-0.2, 0) is 0 Å². The molecule has 1 aliphatic rings. The monoisotopic (exact) mass is 289 g/mol. The first-order valence-electron chi connectivity index (χ1n) is 5.52. The molecular formula is C13H12BrN3. The first-order valence-corrected chi connectivity index (χ1v) is 6.31. The van der Waals surface area contributed by atoms with Gasteiger partial charge in [-0.25, -0.2) is 0 Å². The fraction of sp³-hybridized carbons (Fsp3) is 0.385. The van der Waals surface area contributed by atoms with Gasteiger partial charge in [0.1, 0.15) is 5.41 Å². The van der Waals surface area contributed by atoms with Crippen LogP contribution in [-0.4, -0.2) is 13.1 Å². The Labute approximate surface area is 109 Å². The molecule has 0 N–H and O–H groups in total. The molecule has 86 valence electrons. The number of halogens is 1. The minimum atomic E-state index is -0.772. The molecule has 1 fully saturated rings. The largest absolute Gasteiger partial charge is 0.371 e. The van der Waals surface area contributed by atoms with Crippen LogP contribution >= 0.6 is 15.9 Å². The number of piperidine rings is 1. The Bertz CT molecular complexity index is 457. The van der Waals surface area contributed by atoms with Crippen molar-refractivity contribution in [1.82, 2.24) is 0 Å². The lowest BCUT2D eigenvalue weighted by atomic mass is 9.81. The van der Waals surface area contributed by atoms with Crippen molar-refractivity contribution in [3.05, 3.63) is 28.7 Å². The fourth-order valence-electron chi connectivity index (χ4n) is 2.05. The van der Waals surface area contributed by atoms with Crippen molar-refractivity contribution in [3.63, 3.8) is 0 Å². The third-order valence-electron chi connectivity index (χ3n) is 3.24. The summed E-state index contributed by atoms with van der Waals surface area (Å²) in [4.78, 5) is 2.22. The average Bonchev–Trinajstić information content (AvgIpc) is 2.40. The normalized spacial score (nSPS) is 18.2. The molecule has 0 aliphatic carbocycles. The maximum atomic E-state index is 9.04. The average molecular weight is 290 g/mol. The van der Waals surface area contributed by atoms with Crippen molar-refractivity contribution in [2.24, 2.45) is 5.41 Å². The van der Waals surface area contributed by atoms with E-state index in [-0.39, 0.29) is 0 Å². The predicted octanol–water partition coefficient (Wildman–Crippen LogP) is 3.08. The SMILES string of the molecule is N#CC1(C#N)CCN(c2ccc(Br)cc2)CC1. The molecule has 1 aliphatic heterocycles. The molecule has 0 saturated carbocycles. The molecule has 0 unspecified atom stereocenters. The van der Waals surface area contributed by atoms with E-state index in [1.54, 1.807) is 0 Å². The van der Waals surface area contributed by atoms with Gasteiger partial charge in [-0.05, 0) is 37.1 Å². The zero-order valence-corrected chi connectivity index (χ0v) is 10.9. The fourth-order valence-corrected chi connectivity index (χ4v) is 2.31. The van der Waals surface area contributed by atoms with Gasteiger partial charge in [0, 0.05) is 23.2 Å². The Morgan fingerprint density at radius 1 is 1.06 bits per heavy atom. The number of hydrogen-bond donors (Lipinski definition) is 0. The number of anilines is 1. The minimum Gasteiger partial charge on any atom is -0.371 e. The van der Waals surface area contributed by atoms with E-state index >= 15 is 0 Å². The number of benzene rings is 1. The maximum Gasteiger partial charge on any atom is 0.147 e. The van der Waals surface area contributed by atoms with Gasteiger partial charge >= 0.3 is 0 Å². The van der Waals surface area contributed by atoms with Crippen LogP contribution in [0.3, 0.4) is 0 Å². The summed E-state index contributed by atoms with van der Waals surface area (Å²) in [6.07, 6.45) is 1.24. The Hall–Kier alpha value is -1.52. The van der Waals surface area contributed by atoms with Gasteiger partial charge in [0.15, 0.2) is 0 Å². The van der Waals surface area contributed by atoms with Crippen LogP contribution < -0.4 is 4.90 Å². The molecule has 0 aromatic heterocycles. The van der Waals surface area contributed by atoms with E-state index in [2.05, 4.69) is 45.1 Å². The van der Waals surface area contributed by atoms with Crippen LogP contribution in [0.2, 0.25) is 0 Å². The first kappa shape index (κ1) is 12.0. The molecule has 1 saturated heterocycles. The van der Waals surface area contributed by atoms with Crippen LogP contribution in [0.15, 0.2) is 28.7 Å². The van der Waals surface area contributed by atoms with Gasteiger partial charge in [-0.2, -0.15) is 10.5 Å². The number of nitrogens with zero attached hydrogens (tertiary/aromatic N) is 3. The molecule has 0 amide bonds. The smallest absolute Gasteiger partial charge is 0.147 e. The summed E-state index contributed by atoms with van der Waals surface area (Å²) in [5.74, 6) is 0. The van der Waals surface area contributed by atoms with Crippen molar-refractivity contribution >= 4 is 21.6 Å². The van der Waals surface area contributed by atoms with Crippen LogP contribution in [0.1, 0.15) is 12.8 Å². The number of rotatable bonds is 1. The Morgan fingerprint density at radius 2 is 1.59 bits per heavy atom. The van der Waals surface area contributed by atoms with Crippen molar-refractivity contribution in [3.8, 4) is 12.1 Å². The predicted molar refractivity (Wildman–Crippen MR) is 69.2 cm³/mol. The second-order valence-electron chi connectivity index (χ2n) is 4.27. The second kappa shape index (κ2) is 4.77. The highest BCUT2D eigenvalue weighted by Gasteiger charge is 2.34. The lowest BCUT2D eigenvalue weighted by Gasteiger charge is -2.34. The summed E-state index contributed by atoms with van der Waals surface area (Å²) >= 11 is 3.41. The first-order chi connectivity index (χ1) is 8.19. The molecule has 3 nitrogen and oxygen atoms in total. The van der Waals surface area contributed by atoms with Gasteiger partial charge in [-0.1, -0.05) is 15.9 Å². The van der Waals surface area contributed by atoms with E-state index in [4.69, 9.17) is 10.5 Å². The zero-order chi connectivity index (χ0) is 12.3. The van der Waals surface area contributed by atoms with Crippen molar-refractivity contribution in [2.75, 3.05) is 18.0 Å². The van der Waals surface area contributed by atoms with Gasteiger partial charge in [-0.3, -0.25) is 0 Å². The summed E-state index contributed by atoms with van der Waals surface area (Å²) in [7, 11) is 0. The van der Waals surface area contributed by atoms with E-state index in [0.717, 1.165) is 23.2 Å². The third kappa shape index (κ3) is 2.43. The zero-order valence-electron chi connectivity index (χ0n) is 9.36. The Morgan fingerprint density at radius 3 is 2.06 bits per heavy atom. The summed E-state index contributed by atoms with van der Waals surface area (Å²) in [5, 5.41) is 18.1. The molecule has 0 radical (unpaired) electrons. The van der Waals surface area contributed by atoms with Crippen molar-refractivity contribution < 1.29 is 0 Å². The second-order valence-corrected chi connectivity index (χ2v) is 5.18. The van der Waals surface area contributed by atoms with E-state index in [1.807, 2.05) is 12.1 Å². The lowest BCUT2D eigenvalue weighted by Crippen LogP contribution is -2.38. The number of nitriles is 2. The van der Waals surface area contributed by atoms with Gasteiger partial charge in [0.25, 0.3) is 0 Å². The highest BCUT2D eigenvalue weighted by molar-refractivity contribution is 9.10. The Kier molecular flexibility index (Phi) is 3.36. The summed E-state index contributed by atoms with van der Waals surface area (Å²) in [6.45, 7) is 1.53. The molecule has 0 atom stereocenters. The van der Waals surface area contributed by atoms with E-state index in [9.17, 15) is 0 Å². The molecule has 1 aromatic carbocycles. The highest BCUT2D eigenvalue weighted by Crippen LogP contribution is 2.32. The van der Waals surface area contributed by atoms with E-state index in [0.29, 0.717) is 12.8 Å². The maximum absolute atomic E-state index is 9.04. The third-order valence-corrected chi connectivity index (χ3v) is 3.77. The molecule has 4 heteroatoms. The van der Waals surface area contributed by atoms with E-state index < -0.39 is 5.41 Å². The molecular weight excluding hydrogens is 278 g/mol. The van der Waals surface area contributed by atoms with Crippen LogP contribution in [0, 0.1) is 28.1 Å². The van der Waals surface area contributed by atoms with Gasteiger partial charge in [0.05, 0.1) is 12.1 Å². The summed E-state index contributed by atoms with van der Waals surface area (Å²) in [6, 6.07) is 12.4. The molecule has 17 heavy (non-hydrogen) atoms. The van der Waals surface area contributed by atoms with Crippen LogP contribution in [0.4, 0.5) is 5.69 Å². The lowest BCUT2D eigenvalue weighted by molar-refractivity contribution is 0.393. The summed E-state index contributed by atoms with van der Waals surface area (Å²) in [5.41, 5.74) is 0.379. The van der Waals surface area contributed by atoms with Crippen molar-refractivity contribution in [1.29, 1.82) is 10.5 Å². The van der Waals surface area contributed by atoms with Crippen LogP contribution in [0.5, 0.6) is 0 Å². The standard InChI is InChI=1S/C13H12BrN3/c14-11-1-3-12(4-2-11)17-7-5-13(9-15,10-16)6-8-17/h1-4H,5-8H2. The number of hydrogen-bond acceptors (Lipinski definition) is 3. The van der Waals surface area contributed by atoms with Gasteiger partial charge < -0.3 is 4.90 Å². The molecule has 2 rings (SSSR count). The topological polar surface area (TPSA) is 50.8 Å². The van der Waals surface area contributed by atoms with Crippen LogP contribution in [0.25, 0.3) is 0 Å². The molecule has 1 heterocycles. The summed E-state index contributed by atoms with van der Waals surface area (Å²) < 4.78 is 1.06. The van der Waals surface area contributed by atoms with Crippen molar-refractivity contribution in [2.45, 2.75) is 12.8 Å². The molecule has 0 spiro atoms. The van der Waals surface area contributed by atoms with E-state index in [1.165, 1.54) is 0 Å². The molecule has 1 aromatic rings. The quantitative estimate of drug-likeness (QED) is 0.798. The van der Waals surface area contributed by atoms with Gasteiger partial charge in [-0.15, -0.1) is 0 Å². The Balaban J connectivity index is 2.08. The highest BCUT2D eigenvalue weighted by atomic mass is 79.9. The molecule has 0 bridgehead atoms. The van der Waals surface area contributed by atoms with Gasteiger partial charge in [0.2, 0.25) is 0 Å². The minimum absolute atomic E-state index is 0.621.